The van der Waals surface area contributed by atoms with E-state index in [1.54, 1.807) is 11.8 Å². The summed E-state index contributed by atoms with van der Waals surface area (Å²) in [5.74, 6) is 0.934. The maximum Gasteiger partial charge on any atom is 0.234 e. The predicted octanol–water partition coefficient (Wildman–Crippen LogP) is 3.08. The second-order valence-corrected chi connectivity index (χ2v) is 6.48. The van der Waals surface area contributed by atoms with Gasteiger partial charge >= 0.3 is 0 Å². The number of nitrogens with one attached hydrogen (secondary N) is 1. The van der Waals surface area contributed by atoms with Gasteiger partial charge in [0.15, 0.2) is 0 Å². The van der Waals surface area contributed by atoms with Crippen molar-refractivity contribution in [1.82, 2.24) is 5.32 Å². The van der Waals surface area contributed by atoms with E-state index in [0.29, 0.717) is 11.8 Å². The van der Waals surface area contributed by atoms with E-state index < -0.39 is 0 Å². The minimum Gasteiger partial charge on any atom is -0.351 e. The van der Waals surface area contributed by atoms with E-state index in [1.807, 2.05) is 12.1 Å². The number of halogens is 1. The SMILES string of the molecule is CC(C)C(CCl)NC(=O)C1Cc2ccccc2S1. The lowest BCUT2D eigenvalue weighted by atomic mass is 10.1. The third-order valence-corrected chi connectivity index (χ3v) is 4.89. The molecule has 1 aromatic carbocycles. The molecule has 2 unspecified atom stereocenters. The van der Waals surface area contributed by atoms with Crippen molar-refractivity contribution in [2.45, 2.75) is 36.5 Å². The van der Waals surface area contributed by atoms with Crippen molar-refractivity contribution in [1.29, 1.82) is 0 Å². The number of thioether (sulfide) groups is 1. The summed E-state index contributed by atoms with van der Waals surface area (Å²) < 4.78 is 0. The van der Waals surface area contributed by atoms with Gasteiger partial charge in [0.1, 0.15) is 0 Å². The summed E-state index contributed by atoms with van der Waals surface area (Å²) in [6.07, 6.45) is 0.819. The van der Waals surface area contributed by atoms with Gasteiger partial charge in [0.05, 0.1) is 5.25 Å². The Morgan fingerprint density at radius 1 is 1.50 bits per heavy atom. The van der Waals surface area contributed by atoms with Crippen LogP contribution < -0.4 is 5.32 Å². The second-order valence-electron chi connectivity index (χ2n) is 4.93. The molecule has 1 amide bonds. The average Bonchev–Trinajstić information content (AvgIpc) is 2.79. The summed E-state index contributed by atoms with van der Waals surface area (Å²) in [5.41, 5.74) is 1.27. The molecule has 0 aliphatic carbocycles. The molecule has 0 radical (unpaired) electrons. The van der Waals surface area contributed by atoms with Gasteiger partial charge in [0, 0.05) is 16.8 Å². The van der Waals surface area contributed by atoms with E-state index >= 15 is 0 Å². The summed E-state index contributed by atoms with van der Waals surface area (Å²) in [6, 6.07) is 8.27. The summed E-state index contributed by atoms with van der Waals surface area (Å²) in [7, 11) is 0. The van der Waals surface area contributed by atoms with Crippen LogP contribution in [0.3, 0.4) is 0 Å². The van der Waals surface area contributed by atoms with Crippen LogP contribution in [0.1, 0.15) is 19.4 Å². The molecule has 0 spiro atoms. The highest BCUT2D eigenvalue weighted by Crippen LogP contribution is 2.36. The number of carbonyl (C=O) groups excluding carboxylic acids is 1. The van der Waals surface area contributed by atoms with Crippen LogP contribution in [-0.4, -0.2) is 23.1 Å². The van der Waals surface area contributed by atoms with Gasteiger partial charge in [0.25, 0.3) is 0 Å². The number of carbonyl (C=O) groups is 1. The Morgan fingerprint density at radius 3 is 2.83 bits per heavy atom. The number of rotatable bonds is 4. The molecule has 98 valence electrons. The van der Waals surface area contributed by atoms with Crippen LogP contribution in [0.25, 0.3) is 0 Å². The standard InChI is InChI=1S/C14H18ClNOS/c1-9(2)11(8-15)16-14(17)13-7-10-5-3-4-6-12(10)18-13/h3-6,9,11,13H,7-8H2,1-2H3,(H,16,17). The van der Waals surface area contributed by atoms with Gasteiger partial charge in [-0.15, -0.1) is 23.4 Å². The summed E-state index contributed by atoms with van der Waals surface area (Å²) in [6.45, 7) is 4.15. The fourth-order valence-corrected chi connectivity index (χ4v) is 3.63. The Balaban J connectivity index is 1.97. The zero-order valence-electron chi connectivity index (χ0n) is 10.7. The second kappa shape index (κ2) is 5.98. The van der Waals surface area contributed by atoms with Crippen LogP contribution in [0.2, 0.25) is 0 Å². The lowest BCUT2D eigenvalue weighted by Crippen LogP contribution is -2.44. The first-order valence-electron chi connectivity index (χ1n) is 6.22. The Hall–Kier alpha value is -0.670. The average molecular weight is 284 g/mol. The molecule has 4 heteroatoms. The molecule has 0 fully saturated rings. The van der Waals surface area contributed by atoms with Crippen molar-refractivity contribution in [2.24, 2.45) is 5.92 Å². The molecule has 1 aliphatic heterocycles. The zero-order chi connectivity index (χ0) is 13.1. The van der Waals surface area contributed by atoms with Crippen molar-refractivity contribution in [3.8, 4) is 0 Å². The molecule has 1 heterocycles. The van der Waals surface area contributed by atoms with E-state index in [4.69, 9.17) is 11.6 Å². The lowest BCUT2D eigenvalue weighted by Gasteiger charge is -2.21. The Bertz CT molecular complexity index is 411. The van der Waals surface area contributed by atoms with E-state index in [-0.39, 0.29) is 17.2 Å². The third-order valence-electron chi connectivity index (χ3n) is 3.24. The van der Waals surface area contributed by atoms with Crippen LogP contribution in [0.15, 0.2) is 29.2 Å². The maximum absolute atomic E-state index is 12.2. The smallest absolute Gasteiger partial charge is 0.234 e. The fourth-order valence-electron chi connectivity index (χ4n) is 1.99. The highest BCUT2D eigenvalue weighted by molar-refractivity contribution is 8.01. The molecule has 2 atom stereocenters. The molecule has 2 nitrogen and oxygen atoms in total. The maximum atomic E-state index is 12.2. The molecule has 1 N–H and O–H groups in total. The zero-order valence-corrected chi connectivity index (χ0v) is 12.2. The summed E-state index contributed by atoms with van der Waals surface area (Å²) in [4.78, 5) is 13.4. The Kier molecular flexibility index (Phi) is 4.57. The molecular weight excluding hydrogens is 266 g/mol. The number of amides is 1. The molecule has 1 aliphatic rings. The van der Waals surface area contributed by atoms with Gasteiger partial charge in [-0.3, -0.25) is 4.79 Å². The molecule has 2 rings (SSSR count). The van der Waals surface area contributed by atoms with Crippen molar-refractivity contribution in [2.75, 3.05) is 5.88 Å². The predicted molar refractivity (Wildman–Crippen MR) is 77.3 cm³/mol. The molecule has 1 aromatic rings. The van der Waals surface area contributed by atoms with Gasteiger partial charge < -0.3 is 5.32 Å². The third kappa shape index (κ3) is 3.01. The quantitative estimate of drug-likeness (QED) is 0.861. The Labute approximate surface area is 117 Å². The normalized spacial score (nSPS) is 19.7. The topological polar surface area (TPSA) is 29.1 Å². The van der Waals surface area contributed by atoms with E-state index in [2.05, 4.69) is 31.3 Å². The van der Waals surface area contributed by atoms with Crippen LogP contribution in [0, 0.1) is 5.92 Å². The van der Waals surface area contributed by atoms with Crippen molar-refractivity contribution in [3.05, 3.63) is 29.8 Å². The van der Waals surface area contributed by atoms with Crippen LogP contribution in [0.4, 0.5) is 0 Å². The largest absolute Gasteiger partial charge is 0.351 e. The highest BCUT2D eigenvalue weighted by atomic mass is 35.5. The van der Waals surface area contributed by atoms with Crippen molar-refractivity contribution >= 4 is 29.3 Å². The molecule has 0 aromatic heterocycles. The van der Waals surface area contributed by atoms with Crippen molar-refractivity contribution < 1.29 is 4.79 Å². The van der Waals surface area contributed by atoms with Gasteiger partial charge in [-0.05, 0) is 24.0 Å². The first-order valence-corrected chi connectivity index (χ1v) is 7.64. The lowest BCUT2D eigenvalue weighted by molar-refractivity contribution is -0.121. The van der Waals surface area contributed by atoms with Crippen LogP contribution >= 0.6 is 23.4 Å². The van der Waals surface area contributed by atoms with E-state index in [9.17, 15) is 4.79 Å². The monoisotopic (exact) mass is 283 g/mol. The fraction of sp³-hybridized carbons (Fsp3) is 0.500. The molecular formula is C14H18ClNOS. The number of benzene rings is 1. The van der Waals surface area contributed by atoms with Crippen LogP contribution in [0.5, 0.6) is 0 Å². The van der Waals surface area contributed by atoms with Crippen LogP contribution in [-0.2, 0) is 11.2 Å². The van der Waals surface area contributed by atoms with Gasteiger partial charge in [-0.2, -0.15) is 0 Å². The first-order chi connectivity index (χ1) is 8.61. The first kappa shape index (κ1) is 13.8. The number of hydrogen-bond donors (Lipinski definition) is 1. The molecule has 18 heavy (non-hydrogen) atoms. The van der Waals surface area contributed by atoms with E-state index in [0.717, 1.165) is 6.42 Å². The van der Waals surface area contributed by atoms with E-state index in [1.165, 1.54) is 10.5 Å². The number of alkyl halides is 1. The number of fused-ring (bicyclic) bond motifs is 1. The number of hydrogen-bond acceptors (Lipinski definition) is 2. The summed E-state index contributed by atoms with van der Waals surface area (Å²) >= 11 is 7.53. The van der Waals surface area contributed by atoms with Gasteiger partial charge in [0.2, 0.25) is 5.91 Å². The Morgan fingerprint density at radius 2 is 2.22 bits per heavy atom. The molecule has 0 saturated heterocycles. The minimum absolute atomic E-state index is 0.00753. The molecule has 0 bridgehead atoms. The van der Waals surface area contributed by atoms with Crippen molar-refractivity contribution in [3.63, 3.8) is 0 Å². The van der Waals surface area contributed by atoms with Gasteiger partial charge in [-0.1, -0.05) is 32.0 Å². The highest BCUT2D eigenvalue weighted by Gasteiger charge is 2.29. The summed E-state index contributed by atoms with van der Waals surface area (Å²) in [5, 5.41) is 3.04. The minimum atomic E-state index is -0.00753. The molecule has 0 saturated carbocycles. The van der Waals surface area contributed by atoms with Gasteiger partial charge in [-0.25, -0.2) is 0 Å².